The first-order chi connectivity index (χ1) is 0. The maximum atomic E-state index is 0. The second kappa shape index (κ2) is 32.8. The van der Waals surface area contributed by atoms with Gasteiger partial charge in [-0.05, 0) is 0 Å². The van der Waals surface area contributed by atoms with Crippen LogP contribution in [0.25, 0.3) is 0 Å². The van der Waals surface area contributed by atoms with Gasteiger partial charge >= 0.3 is 41.7 Å². The normalized spacial score (nSPS) is 0. The van der Waals surface area contributed by atoms with Gasteiger partial charge in [-0.15, -0.1) is 0 Å². The van der Waals surface area contributed by atoms with E-state index in [1.807, 2.05) is 0 Å². The molecule has 0 bridgehead atoms. The minimum Gasteiger partial charge on any atom is -0.870 e. The summed E-state index contributed by atoms with van der Waals surface area (Å²) in [6.45, 7) is 0. The summed E-state index contributed by atoms with van der Waals surface area (Å²) in [4.78, 5) is 0. The fraction of sp³-hybridized carbons (Fsp3) is 0. The van der Waals surface area contributed by atoms with E-state index in [1.54, 1.807) is 0 Å². The molecular weight excluding hydrogens is 277 g/mol. The van der Waals surface area contributed by atoms with Crippen LogP contribution in [0.3, 0.4) is 0 Å². The summed E-state index contributed by atoms with van der Waals surface area (Å²) in [5.74, 6) is 0. The molecule has 0 amide bonds. The van der Waals surface area contributed by atoms with Crippen molar-refractivity contribution in [3.05, 3.63) is 0 Å². The van der Waals surface area contributed by atoms with E-state index in [-0.39, 0.29) is 90.9 Å². The van der Waals surface area contributed by atoms with Crippen LogP contribution in [0.15, 0.2) is 0 Å². The third kappa shape index (κ3) is 21.7. The molecule has 0 spiro atoms. The van der Waals surface area contributed by atoms with Gasteiger partial charge in [-0.2, -0.15) is 0 Å². The van der Waals surface area contributed by atoms with Crippen molar-refractivity contribution >= 4 is 0 Å². The van der Waals surface area contributed by atoms with Gasteiger partial charge in [-0.1, -0.05) is 0 Å². The zero-order valence-corrected chi connectivity index (χ0v) is 8.40. The predicted molar refractivity (Wildman–Crippen MR) is 5.81 cm³/mol. The first kappa shape index (κ1) is 53.4. The van der Waals surface area contributed by atoms with Gasteiger partial charge in [0.1, 0.15) is 0 Å². The van der Waals surface area contributed by atoms with Crippen LogP contribution in [0.5, 0.6) is 0 Å². The van der Waals surface area contributed by atoms with Crippen molar-refractivity contribution in [1.82, 2.24) is 0 Å². The van der Waals surface area contributed by atoms with E-state index in [1.165, 1.54) is 0 Å². The molecule has 0 aliphatic rings. The Kier molecular flexibility index (Phi) is 351. The zero-order valence-electron chi connectivity index (χ0n) is 2.42. The standard InChI is InChI=1S/Ce.3H2O.Y/h;3*1H2;/q+3;;;;/p-3. The van der Waals surface area contributed by atoms with Crippen LogP contribution in [-0.4, -0.2) is 16.4 Å². The van der Waals surface area contributed by atoms with Crippen molar-refractivity contribution in [1.29, 1.82) is 0 Å². The second-order valence-electron chi connectivity index (χ2n) is 0. The van der Waals surface area contributed by atoms with Gasteiger partial charge < -0.3 is 16.4 Å². The van der Waals surface area contributed by atoms with Crippen molar-refractivity contribution < 1.29 is 90.9 Å². The van der Waals surface area contributed by atoms with Crippen LogP contribution in [0.2, 0.25) is 0 Å². The molecule has 5 heavy (non-hydrogen) atoms. The van der Waals surface area contributed by atoms with E-state index < -0.39 is 0 Å². The predicted octanol–water partition coefficient (Wildman–Crippen LogP) is -0.533. The Balaban J connectivity index is 0. The number of rotatable bonds is 0. The summed E-state index contributed by atoms with van der Waals surface area (Å²) in [6, 6.07) is 0. The molecule has 28 valence electrons. The minimum absolute atomic E-state index is 0. The maximum absolute atomic E-state index is 0. The third-order valence-electron chi connectivity index (χ3n) is 0. The molecule has 2 radical (unpaired) electrons. The van der Waals surface area contributed by atoms with Crippen LogP contribution in [-0.2, 0) is 32.7 Å². The van der Waals surface area contributed by atoms with Crippen LogP contribution in [0, 0.1) is 41.7 Å². The SMILES string of the molecule is [Ce+3].[OH-].[OH-].[OH-].[Y]. The number of hydrogen-bond acceptors (Lipinski definition) is 3. The largest absolute Gasteiger partial charge is 3.00 e. The Morgan fingerprint density at radius 1 is 0.600 bits per heavy atom. The maximum Gasteiger partial charge on any atom is 3.00 e. The van der Waals surface area contributed by atoms with Crippen molar-refractivity contribution in [2.75, 3.05) is 0 Å². The molecular formula is H3CeO3Y. The van der Waals surface area contributed by atoms with Gasteiger partial charge in [0.05, 0.1) is 0 Å². The average molecular weight is 280 g/mol. The summed E-state index contributed by atoms with van der Waals surface area (Å²) < 4.78 is 0. The molecule has 0 aliphatic carbocycles. The average Bonchev–Trinajstić information content (AvgIpc) is 0. The molecule has 0 saturated heterocycles. The molecule has 3 N–H and O–H groups in total. The molecule has 0 unspecified atom stereocenters. The van der Waals surface area contributed by atoms with E-state index >= 15 is 0 Å². The van der Waals surface area contributed by atoms with E-state index in [0.717, 1.165) is 0 Å². The molecule has 0 heterocycles. The molecule has 3 nitrogen and oxygen atoms in total. The van der Waals surface area contributed by atoms with Crippen LogP contribution < -0.4 is 0 Å². The molecule has 0 fully saturated rings. The molecule has 0 aromatic heterocycles. The van der Waals surface area contributed by atoms with Crippen molar-refractivity contribution in [3.63, 3.8) is 0 Å². The first-order valence-corrected chi connectivity index (χ1v) is 0. The van der Waals surface area contributed by atoms with Crippen molar-refractivity contribution in [3.8, 4) is 0 Å². The van der Waals surface area contributed by atoms with Crippen LogP contribution in [0.4, 0.5) is 0 Å². The quantitative estimate of drug-likeness (QED) is 0.597. The Morgan fingerprint density at radius 3 is 0.600 bits per heavy atom. The molecule has 0 aromatic carbocycles. The Hall–Kier alpha value is 2.36. The van der Waals surface area contributed by atoms with Crippen LogP contribution in [0.1, 0.15) is 0 Å². The molecule has 0 saturated carbocycles. The summed E-state index contributed by atoms with van der Waals surface area (Å²) in [7, 11) is 0. The molecule has 0 atom stereocenters. The Morgan fingerprint density at radius 2 is 0.600 bits per heavy atom. The fourth-order valence-electron chi connectivity index (χ4n) is 0. The van der Waals surface area contributed by atoms with Gasteiger partial charge in [0, 0.05) is 32.7 Å². The van der Waals surface area contributed by atoms with E-state index in [2.05, 4.69) is 0 Å². The van der Waals surface area contributed by atoms with Gasteiger partial charge in [0.2, 0.25) is 0 Å². The van der Waals surface area contributed by atoms with Crippen molar-refractivity contribution in [2.45, 2.75) is 0 Å². The van der Waals surface area contributed by atoms with Gasteiger partial charge in [-0.3, -0.25) is 0 Å². The summed E-state index contributed by atoms with van der Waals surface area (Å²) in [6.07, 6.45) is 0. The number of hydrogen-bond donors (Lipinski definition) is 0. The summed E-state index contributed by atoms with van der Waals surface area (Å²) in [5.41, 5.74) is 0. The van der Waals surface area contributed by atoms with E-state index in [9.17, 15) is 0 Å². The summed E-state index contributed by atoms with van der Waals surface area (Å²) >= 11 is 0. The third-order valence-corrected chi connectivity index (χ3v) is 0. The Bertz CT molecular complexity index is 6.85. The van der Waals surface area contributed by atoms with E-state index in [4.69, 9.17) is 0 Å². The Labute approximate surface area is 89.1 Å². The first-order valence-electron chi connectivity index (χ1n) is 0. The molecule has 0 rings (SSSR count). The molecule has 0 aromatic rings. The second-order valence-corrected chi connectivity index (χ2v) is 0. The smallest absolute Gasteiger partial charge is 0.870 e. The fourth-order valence-corrected chi connectivity index (χ4v) is 0. The summed E-state index contributed by atoms with van der Waals surface area (Å²) in [5, 5.41) is 0. The monoisotopic (exact) mass is 280 g/mol. The van der Waals surface area contributed by atoms with Gasteiger partial charge in [0.25, 0.3) is 0 Å². The van der Waals surface area contributed by atoms with E-state index in [0.29, 0.717) is 0 Å². The molecule has 0 aliphatic heterocycles. The van der Waals surface area contributed by atoms with Gasteiger partial charge in [0.15, 0.2) is 0 Å². The topological polar surface area (TPSA) is 90.0 Å². The molecule has 5 heteroatoms. The van der Waals surface area contributed by atoms with Gasteiger partial charge in [-0.25, -0.2) is 0 Å². The van der Waals surface area contributed by atoms with Crippen molar-refractivity contribution in [2.24, 2.45) is 0 Å². The minimum atomic E-state index is 0. The zero-order chi connectivity index (χ0) is 0. The van der Waals surface area contributed by atoms with Crippen LogP contribution >= 0.6 is 0 Å².